The Morgan fingerprint density at radius 2 is 2.11 bits per heavy atom. The van der Waals surface area contributed by atoms with E-state index in [9.17, 15) is 9.59 Å². The smallest absolute Gasteiger partial charge is 0.265 e. The van der Waals surface area contributed by atoms with Crippen molar-refractivity contribution >= 4 is 33.4 Å². The molecule has 0 aromatic heterocycles. The van der Waals surface area contributed by atoms with Gasteiger partial charge in [-0.1, -0.05) is 40.2 Å². The van der Waals surface area contributed by atoms with E-state index < -0.39 is 0 Å². The zero-order chi connectivity index (χ0) is 19.0. The summed E-state index contributed by atoms with van der Waals surface area (Å²) in [6.45, 7) is -0.0291. The first-order chi connectivity index (χ1) is 13.0. The molecule has 1 unspecified atom stereocenters. The summed E-state index contributed by atoms with van der Waals surface area (Å²) in [4.78, 5) is 28.7. The van der Waals surface area contributed by atoms with Crippen molar-refractivity contribution in [2.75, 3.05) is 25.1 Å². The molecule has 2 aromatic rings. The molecule has 0 N–H and O–H groups in total. The topological polar surface area (TPSA) is 49.9 Å². The lowest BCUT2D eigenvalue weighted by atomic mass is 9.87. The monoisotopic (exact) mass is 428 g/mol. The molecule has 1 aliphatic carbocycles. The minimum absolute atomic E-state index is 0.0198. The van der Waals surface area contributed by atoms with Gasteiger partial charge in [-0.3, -0.25) is 14.5 Å². The van der Waals surface area contributed by atoms with Gasteiger partial charge in [-0.05, 0) is 48.6 Å². The van der Waals surface area contributed by atoms with Crippen molar-refractivity contribution in [1.82, 2.24) is 4.90 Å². The predicted molar refractivity (Wildman–Crippen MR) is 107 cm³/mol. The first kappa shape index (κ1) is 18.0. The van der Waals surface area contributed by atoms with E-state index in [-0.39, 0.29) is 31.0 Å². The van der Waals surface area contributed by atoms with Crippen LogP contribution in [0.1, 0.15) is 30.0 Å². The number of fused-ring (bicyclic) bond motifs is 2. The highest BCUT2D eigenvalue weighted by Crippen LogP contribution is 2.36. The maximum absolute atomic E-state index is 13.0. The maximum Gasteiger partial charge on any atom is 0.265 e. The van der Waals surface area contributed by atoms with Gasteiger partial charge in [0.05, 0.1) is 11.7 Å². The van der Waals surface area contributed by atoms with E-state index in [4.69, 9.17) is 4.74 Å². The van der Waals surface area contributed by atoms with Crippen LogP contribution >= 0.6 is 15.9 Å². The van der Waals surface area contributed by atoms with Gasteiger partial charge in [-0.15, -0.1) is 0 Å². The zero-order valence-corrected chi connectivity index (χ0v) is 16.7. The summed E-state index contributed by atoms with van der Waals surface area (Å²) in [5, 5.41) is 0. The third kappa shape index (κ3) is 3.46. The average Bonchev–Trinajstić information content (AvgIpc) is 2.69. The number of nitrogens with zero attached hydrogens (tertiary/aromatic N) is 2. The Hall–Kier alpha value is -2.34. The Morgan fingerprint density at radius 1 is 1.30 bits per heavy atom. The summed E-state index contributed by atoms with van der Waals surface area (Å²) >= 11 is 3.41. The normalized spacial score (nSPS) is 18.4. The van der Waals surface area contributed by atoms with Crippen LogP contribution in [-0.4, -0.2) is 36.9 Å². The van der Waals surface area contributed by atoms with Crippen molar-refractivity contribution in [2.24, 2.45) is 0 Å². The molecule has 2 aliphatic rings. The van der Waals surface area contributed by atoms with Crippen LogP contribution in [0, 0.1) is 0 Å². The highest BCUT2D eigenvalue weighted by atomic mass is 79.9. The summed E-state index contributed by atoms with van der Waals surface area (Å²) < 4.78 is 6.38. The Bertz CT molecular complexity index is 899. The Balaban J connectivity index is 1.55. The zero-order valence-electron chi connectivity index (χ0n) is 15.2. The summed E-state index contributed by atoms with van der Waals surface area (Å²) in [5.74, 6) is 0.346. The Labute approximate surface area is 167 Å². The van der Waals surface area contributed by atoms with Crippen molar-refractivity contribution in [3.8, 4) is 5.75 Å². The fourth-order valence-electron chi connectivity index (χ4n) is 3.90. The second kappa shape index (κ2) is 7.35. The van der Waals surface area contributed by atoms with Crippen LogP contribution in [0.5, 0.6) is 5.75 Å². The third-order valence-electron chi connectivity index (χ3n) is 5.36. The van der Waals surface area contributed by atoms with Crippen molar-refractivity contribution in [1.29, 1.82) is 0 Å². The number of carbonyl (C=O) groups is 2. The number of anilines is 1. The minimum atomic E-state index is -0.199. The molecule has 27 heavy (non-hydrogen) atoms. The van der Waals surface area contributed by atoms with Gasteiger partial charge in [-0.25, -0.2) is 0 Å². The molecule has 0 radical (unpaired) electrons. The standard InChI is InChI=1S/C21H21BrN2O3/c1-23(17-8-4-6-14-5-2-3-7-16(14)17)20(25)12-24-18-10-9-15(22)11-19(18)27-13-21(24)26/h2-3,5,7,9-11,17H,4,6,8,12-13H2,1H3. The van der Waals surface area contributed by atoms with Crippen molar-refractivity contribution < 1.29 is 14.3 Å². The van der Waals surface area contributed by atoms with E-state index in [1.165, 1.54) is 16.0 Å². The van der Waals surface area contributed by atoms with Crippen molar-refractivity contribution in [3.63, 3.8) is 0 Å². The van der Waals surface area contributed by atoms with E-state index in [1.807, 2.05) is 31.3 Å². The predicted octanol–water partition coefficient (Wildman–Crippen LogP) is 3.71. The van der Waals surface area contributed by atoms with E-state index in [0.717, 1.165) is 23.7 Å². The highest BCUT2D eigenvalue weighted by molar-refractivity contribution is 9.10. The van der Waals surface area contributed by atoms with Crippen LogP contribution in [-0.2, 0) is 16.0 Å². The molecular weight excluding hydrogens is 408 g/mol. The molecule has 0 saturated carbocycles. The number of amides is 2. The summed E-state index contributed by atoms with van der Waals surface area (Å²) in [6, 6.07) is 13.8. The van der Waals surface area contributed by atoms with Crippen molar-refractivity contribution in [2.45, 2.75) is 25.3 Å². The summed E-state index contributed by atoms with van der Waals surface area (Å²) in [6.07, 6.45) is 3.06. The molecular formula is C21H21BrN2O3. The molecule has 1 heterocycles. The van der Waals surface area contributed by atoms with Crippen LogP contribution in [0.4, 0.5) is 5.69 Å². The van der Waals surface area contributed by atoms with Gasteiger partial charge in [0, 0.05) is 11.5 Å². The number of halogens is 1. The lowest BCUT2D eigenvalue weighted by molar-refractivity contribution is -0.133. The number of rotatable bonds is 3. The second-order valence-corrected chi connectivity index (χ2v) is 7.91. The van der Waals surface area contributed by atoms with E-state index in [1.54, 1.807) is 11.0 Å². The quantitative estimate of drug-likeness (QED) is 0.748. The number of aryl methyl sites for hydroxylation is 1. The molecule has 1 aliphatic heterocycles. The second-order valence-electron chi connectivity index (χ2n) is 6.99. The molecule has 5 nitrogen and oxygen atoms in total. The van der Waals surface area contributed by atoms with Crippen molar-refractivity contribution in [3.05, 3.63) is 58.1 Å². The van der Waals surface area contributed by atoms with Gasteiger partial charge in [0.15, 0.2) is 6.61 Å². The van der Waals surface area contributed by atoms with Crippen LogP contribution in [0.2, 0.25) is 0 Å². The number of benzene rings is 2. The van der Waals surface area contributed by atoms with Crippen LogP contribution in [0.25, 0.3) is 0 Å². The summed E-state index contributed by atoms with van der Waals surface area (Å²) in [5.41, 5.74) is 3.17. The molecule has 0 bridgehead atoms. The molecule has 4 rings (SSSR count). The fraction of sp³-hybridized carbons (Fsp3) is 0.333. The minimum Gasteiger partial charge on any atom is -0.482 e. The maximum atomic E-state index is 13.0. The molecule has 0 fully saturated rings. The van der Waals surface area contributed by atoms with E-state index in [0.29, 0.717) is 11.4 Å². The van der Waals surface area contributed by atoms with Gasteiger partial charge < -0.3 is 9.64 Å². The molecule has 2 amide bonds. The SMILES string of the molecule is CN(C(=O)CN1C(=O)COc2cc(Br)ccc21)C1CCCc2ccccc21. The van der Waals surface area contributed by atoms with Gasteiger partial charge in [0.25, 0.3) is 5.91 Å². The molecule has 6 heteroatoms. The lowest BCUT2D eigenvalue weighted by Gasteiger charge is -2.35. The number of hydrogen-bond donors (Lipinski definition) is 0. The van der Waals surface area contributed by atoms with Gasteiger partial charge in [0.2, 0.25) is 5.91 Å². The Morgan fingerprint density at radius 3 is 2.96 bits per heavy atom. The van der Waals surface area contributed by atoms with Gasteiger partial charge in [0.1, 0.15) is 12.3 Å². The number of hydrogen-bond acceptors (Lipinski definition) is 3. The highest BCUT2D eigenvalue weighted by Gasteiger charge is 2.31. The molecule has 1 atom stereocenters. The van der Waals surface area contributed by atoms with Crippen LogP contribution in [0.3, 0.4) is 0 Å². The Kier molecular flexibility index (Phi) is 4.91. The summed E-state index contributed by atoms with van der Waals surface area (Å²) in [7, 11) is 1.84. The fourth-order valence-corrected chi connectivity index (χ4v) is 4.24. The van der Waals surface area contributed by atoms with Gasteiger partial charge >= 0.3 is 0 Å². The molecule has 0 spiro atoms. The number of carbonyl (C=O) groups excluding carboxylic acids is 2. The van der Waals surface area contributed by atoms with Crippen LogP contribution in [0.15, 0.2) is 46.9 Å². The van der Waals surface area contributed by atoms with E-state index in [2.05, 4.69) is 28.1 Å². The van der Waals surface area contributed by atoms with Crippen LogP contribution < -0.4 is 9.64 Å². The van der Waals surface area contributed by atoms with Gasteiger partial charge in [-0.2, -0.15) is 0 Å². The third-order valence-corrected chi connectivity index (χ3v) is 5.85. The first-order valence-corrected chi connectivity index (χ1v) is 9.90. The molecule has 2 aromatic carbocycles. The number of ether oxygens (including phenoxy) is 1. The molecule has 140 valence electrons. The first-order valence-electron chi connectivity index (χ1n) is 9.11. The number of likely N-dealkylation sites (N-methyl/N-ethyl adjacent to an activating group) is 1. The molecule has 0 saturated heterocycles. The largest absolute Gasteiger partial charge is 0.482 e. The van der Waals surface area contributed by atoms with E-state index >= 15 is 0 Å². The lowest BCUT2D eigenvalue weighted by Crippen LogP contribution is -2.46. The average molecular weight is 429 g/mol.